The van der Waals surface area contributed by atoms with Gasteiger partial charge in [0.25, 0.3) is 0 Å². The van der Waals surface area contributed by atoms with Gasteiger partial charge in [0.15, 0.2) is 5.96 Å². The third-order valence-corrected chi connectivity index (χ3v) is 3.66. The number of aryl methyl sites for hydroxylation is 2. The number of nitrogens with one attached hydrogen (secondary N) is 2. The highest BCUT2D eigenvalue weighted by atomic mass is 16.5. The molecule has 1 aromatic carbocycles. The average molecular weight is 329 g/mol. The van der Waals surface area contributed by atoms with Crippen LogP contribution in [0.5, 0.6) is 5.75 Å². The zero-order chi connectivity index (χ0) is 17.4. The van der Waals surface area contributed by atoms with E-state index in [1.54, 1.807) is 6.20 Å². The molecule has 0 spiro atoms. The number of hydrogen-bond acceptors (Lipinski definition) is 3. The van der Waals surface area contributed by atoms with Crippen LogP contribution in [0.3, 0.4) is 0 Å². The molecule has 1 heterocycles. The molecule has 0 radical (unpaired) electrons. The summed E-state index contributed by atoms with van der Waals surface area (Å²) < 4.78 is 7.43. The molecule has 0 unspecified atom stereocenters. The first-order valence-electron chi connectivity index (χ1n) is 8.35. The lowest BCUT2D eigenvalue weighted by Crippen LogP contribution is -2.37. The fourth-order valence-corrected chi connectivity index (χ4v) is 2.39. The second-order valence-corrected chi connectivity index (χ2v) is 5.53. The molecule has 0 atom stereocenters. The molecule has 130 valence electrons. The summed E-state index contributed by atoms with van der Waals surface area (Å²) in [4.78, 5) is 4.65. The van der Waals surface area contributed by atoms with Crippen LogP contribution in [0.25, 0.3) is 0 Å². The molecule has 2 aromatic rings. The molecule has 0 fully saturated rings. The van der Waals surface area contributed by atoms with Crippen LogP contribution < -0.4 is 15.4 Å². The maximum absolute atomic E-state index is 5.58. The Morgan fingerprint density at radius 3 is 2.71 bits per heavy atom. The largest absolute Gasteiger partial charge is 0.494 e. The summed E-state index contributed by atoms with van der Waals surface area (Å²) in [5, 5.41) is 10.8. The molecule has 0 aliphatic carbocycles. The number of nitrogens with zero attached hydrogens (tertiary/aromatic N) is 3. The highest BCUT2D eigenvalue weighted by Crippen LogP contribution is 2.19. The lowest BCUT2D eigenvalue weighted by atomic mass is 10.1. The van der Waals surface area contributed by atoms with Crippen molar-refractivity contribution >= 4 is 5.96 Å². The van der Waals surface area contributed by atoms with Gasteiger partial charge >= 0.3 is 0 Å². The Bertz CT molecular complexity index is 678. The zero-order valence-electron chi connectivity index (χ0n) is 15.0. The summed E-state index contributed by atoms with van der Waals surface area (Å²) in [6.07, 6.45) is 1.80. The molecular formula is C18H27N5O. The first-order valence-corrected chi connectivity index (χ1v) is 8.35. The molecule has 2 N–H and O–H groups in total. The monoisotopic (exact) mass is 329 g/mol. The van der Waals surface area contributed by atoms with Crippen molar-refractivity contribution in [2.24, 2.45) is 12.0 Å². The Hall–Kier alpha value is -2.50. The Labute approximate surface area is 143 Å². The van der Waals surface area contributed by atoms with Gasteiger partial charge in [-0.3, -0.25) is 4.68 Å². The van der Waals surface area contributed by atoms with Crippen LogP contribution in [0.15, 0.2) is 35.5 Å². The van der Waals surface area contributed by atoms with Crippen molar-refractivity contribution in [2.45, 2.75) is 33.9 Å². The van der Waals surface area contributed by atoms with Crippen molar-refractivity contribution in [3.8, 4) is 5.75 Å². The number of hydrogen-bond donors (Lipinski definition) is 2. The van der Waals surface area contributed by atoms with E-state index in [0.717, 1.165) is 35.1 Å². The minimum Gasteiger partial charge on any atom is -0.494 e. The minimum atomic E-state index is 0.619. The fraction of sp³-hybridized carbons (Fsp3) is 0.444. The topological polar surface area (TPSA) is 63.5 Å². The van der Waals surface area contributed by atoms with E-state index in [1.807, 2.05) is 30.8 Å². The Balaban J connectivity index is 1.99. The van der Waals surface area contributed by atoms with E-state index in [0.29, 0.717) is 19.7 Å². The summed E-state index contributed by atoms with van der Waals surface area (Å²) in [6, 6.07) is 8.19. The summed E-state index contributed by atoms with van der Waals surface area (Å²) in [5.74, 6) is 1.73. The van der Waals surface area contributed by atoms with Crippen LogP contribution in [0.1, 0.15) is 30.7 Å². The van der Waals surface area contributed by atoms with Gasteiger partial charge in [-0.1, -0.05) is 12.1 Å². The number of aliphatic imine (C=N–C) groups is 1. The van der Waals surface area contributed by atoms with Crippen LogP contribution in [-0.4, -0.2) is 28.9 Å². The smallest absolute Gasteiger partial charge is 0.191 e. The van der Waals surface area contributed by atoms with Crippen molar-refractivity contribution in [3.05, 3.63) is 47.3 Å². The number of guanidine groups is 1. The maximum Gasteiger partial charge on any atom is 0.191 e. The third kappa shape index (κ3) is 5.01. The van der Waals surface area contributed by atoms with Crippen molar-refractivity contribution in [3.63, 3.8) is 0 Å². The number of benzene rings is 1. The standard InChI is InChI=1S/C18H27N5O/c1-5-19-18(21-13-16-9-10-22-23(16)4)20-12-15-7-8-17(24-6-2)14(3)11-15/h7-11H,5-6,12-13H2,1-4H3,(H2,19,20,21). The minimum absolute atomic E-state index is 0.619. The van der Waals surface area contributed by atoms with Gasteiger partial charge in [0.1, 0.15) is 5.75 Å². The normalized spacial score (nSPS) is 11.4. The molecule has 0 saturated carbocycles. The van der Waals surface area contributed by atoms with Gasteiger partial charge < -0.3 is 15.4 Å². The van der Waals surface area contributed by atoms with E-state index in [9.17, 15) is 0 Å². The fourth-order valence-electron chi connectivity index (χ4n) is 2.39. The Kier molecular flexibility index (Phi) is 6.66. The quantitative estimate of drug-likeness (QED) is 0.605. The molecular weight excluding hydrogens is 302 g/mol. The van der Waals surface area contributed by atoms with Crippen LogP contribution in [-0.2, 0) is 20.1 Å². The van der Waals surface area contributed by atoms with Gasteiger partial charge in [0.05, 0.1) is 25.4 Å². The van der Waals surface area contributed by atoms with Gasteiger partial charge in [-0.15, -0.1) is 0 Å². The van der Waals surface area contributed by atoms with Crippen molar-refractivity contribution < 1.29 is 4.74 Å². The molecule has 0 bridgehead atoms. The maximum atomic E-state index is 5.58. The lowest BCUT2D eigenvalue weighted by Gasteiger charge is -2.12. The SMILES string of the molecule is CCNC(=NCc1ccc(OCC)c(C)c1)NCc1ccnn1C. The highest BCUT2D eigenvalue weighted by Gasteiger charge is 2.03. The van der Waals surface area contributed by atoms with Gasteiger partial charge in [0, 0.05) is 19.8 Å². The lowest BCUT2D eigenvalue weighted by molar-refractivity contribution is 0.338. The molecule has 6 nitrogen and oxygen atoms in total. The second-order valence-electron chi connectivity index (χ2n) is 5.53. The van der Waals surface area contributed by atoms with E-state index in [-0.39, 0.29) is 0 Å². The van der Waals surface area contributed by atoms with Gasteiger partial charge in [-0.25, -0.2) is 4.99 Å². The van der Waals surface area contributed by atoms with Gasteiger partial charge in [-0.05, 0) is 44.0 Å². The number of rotatable bonds is 7. The molecule has 2 rings (SSSR count). The average Bonchev–Trinajstić information content (AvgIpc) is 2.98. The highest BCUT2D eigenvalue weighted by molar-refractivity contribution is 5.79. The van der Waals surface area contributed by atoms with Gasteiger partial charge in [0.2, 0.25) is 0 Å². The molecule has 24 heavy (non-hydrogen) atoms. The second kappa shape index (κ2) is 8.96. The van der Waals surface area contributed by atoms with Crippen molar-refractivity contribution in [1.29, 1.82) is 0 Å². The molecule has 1 aromatic heterocycles. The van der Waals surface area contributed by atoms with Crippen LogP contribution in [0, 0.1) is 6.92 Å². The Morgan fingerprint density at radius 1 is 1.25 bits per heavy atom. The zero-order valence-corrected chi connectivity index (χ0v) is 15.0. The molecule has 0 saturated heterocycles. The van der Waals surface area contributed by atoms with Crippen LogP contribution in [0.4, 0.5) is 0 Å². The first kappa shape index (κ1) is 17.8. The summed E-state index contributed by atoms with van der Waals surface area (Å²) >= 11 is 0. The summed E-state index contributed by atoms with van der Waals surface area (Å²) in [7, 11) is 1.93. The van der Waals surface area contributed by atoms with Crippen molar-refractivity contribution in [1.82, 2.24) is 20.4 Å². The van der Waals surface area contributed by atoms with E-state index in [1.165, 1.54) is 0 Å². The van der Waals surface area contributed by atoms with Crippen LogP contribution >= 0.6 is 0 Å². The molecule has 0 amide bonds. The number of aromatic nitrogens is 2. The van der Waals surface area contributed by atoms with E-state index in [4.69, 9.17) is 4.74 Å². The van der Waals surface area contributed by atoms with E-state index >= 15 is 0 Å². The molecule has 6 heteroatoms. The molecule has 0 aliphatic heterocycles. The predicted octanol–water partition coefficient (Wildman–Crippen LogP) is 2.38. The first-order chi connectivity index (χ1) is 11.6. The predicted molar refractivity (Wildman–Crippen MR) is 97.2 cm³/mol. The molecule has 0 aliphatic rings. The van der Waals surface area contributed by atoms with Crippen molar-refractivity contribution in [2.75, 3.05) is 13.2 Å². The summed E-state index contributed by atoms with van der Waals surface area (Å²) in [6.45, 7) is 8.92. The summed E-state index contributed by atoms with van der Waals surface area (Å²) in [5.41, 5.74) is 3.41. The van der Waals surface area contributed by atoms with Crippen LogP contribution in [0.2, 0.25) is 0 Å². The Morgan fingerprint density at radius 2 is 2.08 bits per heavy atom. The number of ether oxygens (including phenoxy) is 1. The third-order valence-electron chi connectivity index (χ3n) is 3.66. The van der Waals surface area contributed by atoms with E-state index < -0.39 is 0 Å². The van der Waals surface area contributed by atoms with Gasteiger partial charge in [-0.2, -0.15) is 5.10 Å². The van der Waals surface area contributed by atoms with E-state index in [2.05, 4.69) is 46.7 Å².